The van der Waals surface area contributed by atoms with E-state index in [0.29, 0.717) is 18.8 Å². The van der Waals surface area contributed by atoms with E-state index >= 15 is 0 Å². The highest BCUT2D eigenvalue weighted by Crippen LogP contribution is 2.03. The molecule has 0 bridgehead atoms. The maximum Gasteiger partial charge on any atom is 0.268 e. The minimum Gasteiger partial charge on any atom is -0.394 e. The summed E-state index contributed by atoms with van der Waals surface area (Å²) in [5.74, 6) is -0.320. The van der Waals surface area contributed by atoms with Crippen LogP contribution < -0.4 is 5.32 Å². The summed E-state index contributed by atoms with van der Waals surface area (Å²) in [4.78, 5) is 11.8. The molecule has 0 atom stereocenters. The zero-order chi connectivity index (χ0) is 12.7. The van der Waals surface area contributed by atoms with Gasteiger partial charge in [-0.3, -0.25) is 4.79 Å². The number of ether oxygens (including phenoxy) is 1. The van der Waals surface area contributed by atoms with Crippen LogP contribution in [0.25, 0.3) is 0 Å². The molecule has 1 aromatic heterocycles. The fraction of sp³-hybridized carbons (Fsp3) is 0.545. The van der Waals surface area contributed by atoms with E-state index in [-0.39, 0.29) is 19.1 Å². The predicted octanol–water partition coefficient (Wildman–Crippen LogP) is -0.782. The minimum atomic E-state index is -0.631. The van der Waals surface area contributed by atoms with Crippen LogP contribution in [0.4, 0.5) is 0 Å². The first-order chi connectivity index (χ1) is 8.22. The van der Waals surface area contributed by atoms with Crippen molar-refractivity contribution >= 4 is 5.91 Å². The Bertz CT molecular complexity index is 347. The summed E-state index contributed by atoms with van der Waals surface area (Å²) in [6.45, 7) is 0.510. The molecule has 1 amide bonds. The number of nitrogens with zero attached hydrogens (tertiary/aromatic N) is 1. The number of nitrogens with one attached hydrogen (secondary N) is 1. The second kappa shape index (κ2) is 7.05. The lowest BCUT2D eigenvalue weighted by Crippen LogP contribution is -2.40. The first-order valence-corrected chi connectivity index (χ1v) is 5.39. The first-order valence-electron chi connectivity index (χ1n) is 5.39. The van der Waals surface area contributed by atoms with Gasteiger partial charge in [-0.25, -0.2) is 0 Å². The van der Waals surface area contributed by atoms with Crippen LogP contribution in [0.2, 0.25) is 0 Å². The Labute approximate surface area is 99.8 Å². The Morgan fingerprint density at radius 1 is 1.53 bits per heavy atom. The molecule has 0 spiro atoms. The largest absolute Gasteiger partial charge is 0.394 e. The molecule has 0 aliphatic carbocycles. The van der Waals surface area contributed by atoms with Crippen molar-refractivity contribution in [1.82, 2.24) is 9.88 Å². The molecule has 1 heterocycles. The van der Waals surface area contributed by atoms with Crippen molar-refractivity contribution in [3.8, 4) is 0 Å². The Morgan fingerprint density at radius 3 is 2.82 bits per heavy atom. The van der Waals surface area contributed by atoms with Gasteiger partial charge in [-0.1, -0.05) is 0 Å². The van der Waals surface area contributed by atoms with E-state index in [1.165, 1.54) is 0 Å². The fourth-order valence-electron chi connectivity index (χ4n) is 1.41. The van der Waals surface area contributed by atoms with Crippen LogP contribution in [0, 0.1) is 0 Å². The molecule has 0 fully saturated rings. The summed E-state index contributed by atoms with van der Waals surface area (Å²) in [6, 6.07) is 2.81. The lowest BCUT2D eigenvalue weighted by molar-refractivity contribution is 0.0867. The van der Waals surface area contributed by atoms with Gasteiger partial charge in [-0.2, -0.15) is 0 Å². The Kier molecular flexibility index (Phi) is 5.68. The third kappa shape index (κ3) is 3.85. The number of amides is 1. The molecular weight excluding hydrogens is 224 g/mol. The SMILES string of the molecule is COCCn1cccc1C(=O)NC(CO)CO. The second-order valence-corrected chi connectivity index (χ2v) is 3.62. The van der Waals surface area contributed by atoms with Crippen molar-refractivity contribution in [1.29, 1.82) is 0 Å². The van der Waals surface area contributed by atoms with Crippen molar-refractivity contribution < 1.29 is 19.7 Å². The van der Waals surface area contributed by atoms with E-state index in [1.807, 2.05) is 0 Å². The van der Waals surface area contributed by atoms with E-state index in [4.69, 9.17) is 14.9 Å². The highest BCUT2D eigenvalue weighted by molar-refractivity contribution is 5.92. The molecule has 96 valence electrons. The number of aliphatic hydroxyl groups is 2. The molecule has 0 saturated heterocycles. The second-order valence-electron chi connectivity index (χ2n) is 3.62. The zero-order valence-corrected chi connectivity index (χ0v) is 9.80. The molecule has 0 saturated carbocycles. The molecular formula is C11H18N2O4. The average Bonchev–Trinajstić information content (AvgIpc) is 2.81. The standard InChI is InChI=1S/C11H18N2O4/c1-17-6-5-13-4-2-3-10(13)11(16)12-9(7-14)8-15/h2-4,9,14-15H,5-8H2,1H3,(H,12,16). The van der Waals surface area contributed by atoms with Crippen LogP contribution >= 0.6 is 0 Å². The maximum absolute atomic E-state index is 11.8. The molecule has 1 aromatic rings. The van der Waals surface area contributed by atoms with Gasteiger partial charge in [0.15, 0.2) is 0 Å². The van der Waals surface area contributed by atoms with Gasteiger partial charge in [0, 0.05) is 19.9 Å². The van der Waals surface area contributed by atoms with Crippen LogP contribution in [0.1, 0.15) is 10.5 Å². The number of hydrogen-bond acceptors (Lipinski definition) is 4. The molecule has 1 rings (SSSR count). The van der Waals surface area contributed by atoms with Crippen LogP contribution in [0.5, 0.6) is 0 Å². The summed E-state index contributed by atoms with van der Waals surface area (Å²) >= 11 is 0. The fourth-order valence-corrected chi connectivity index (χ4v) is 1.41. The number of carbonyl (C=O) groups is 1. The Balaban J connectivity index is 2.64. The van der Waals surface area contributed by atoms with Gasteiger partial charge in [0.1, 0.15) is 5.69 Å². The van der Waals surface area contributed by atoms with Gasteiger partial charge in [0.25, 0.3) is 5.91 Å². The third-order valence-corrected chi connectivity index (χ3v) is 2.37. The molecule has 0 unspecified atom stereocenters. The van der Waals surface area contributed by atoms with Crippen molar-refractivity contribution in [2.45, 2.75) is 12.6 Å². The minimum absolute atomic E-state index is 0.291. The van der Waals surface area contributed by atoms with Gasteiger partial charge in [-0.05, 0) is 12.1 Å². The summed E-state index contributed by atoms with van der Waals surface area (Å²) in [6.07, 6.45) is 1.78. The number of aromatic nitrogens is 1. The van der Waals surface area contributed by atoms with Gasteiger partial charge in [0.05, 0.1) is 25.9 Å². The van der Waals surface area contributed by atoms with Gasteiger partial charge < -0.3 is 24.8 Å². The topological polar surface area (TPSA) is 83.7 Å². The molecule has 0 radical (unpaired) electrons. The van der Waals surface area contributed by atoms with Gasteiger partial charge in [-0.15, -0.1) is 0 Å². The normalized spacial score (nSPS) is 10.8. The van der Waals surface area contributed by atoms with E-state index in [9.17, 15) is 4.79 Å². The molecule has 17 heavy (non-hydrogen) atoms. The molecule has 0 aliphatic heterocycles. The number of methoxy groups -OCH3 is 1. The molecule has 6 nitrogen and oxygen atoms in total. The smallest absolute Gasteiger partial charge is 0.268 e. The predicted molar refractivity (Wildman–Crippen MR) is 61.7 cm³/mol. The molecule has 3 N–H and O–H groups in total. The average molecular weight is 242 g/mol. The Hall–Kier alpha value is -1.37. The summed E-state index contributed by atoms with van der Waals surface area (Å²) < 4.78 is 6.70. The quantitative estimate of drug-likeness (QED) is 0.585. The van der Waals surface area contributed by atoms with Crippen molar-refractivity contribution in [3.05, 3.63) is 24.0 Å². The highest BCUT2D eigenvalue weighted by atomic mass is 16.5. The van der Waals surface area contributed by atoms with Crippen LogP contribution in [-0.2, 0) is 11.3 Å². The maximum atomic E-state index is 11.8. The number of rotatable bonds is 7. The lowest BCUT2D eigenvalue weighted by Gasteiger charge is -2.14. The molecule has 0 aliphatic rings. The monoisotopic (exact) mass is 242 g/mol. The van der Waals surface area contributed by atoms with Crippen LogP contribution in [0.15, 0.2) is 18.3 Å². The summed E-state index contributed by atoms with van der Waals surface area (Å²) in [5, 5.41) is 20.3. The summed E-state index contributed by atoms with van der Waals surface area (Å²) in [7, 11) is 1.59. The molecule has 0 aromatic carbocycles. The lowest BCUT2D eigenvalue weighted by atomic mass is 10.3. The van der Waals surface area contributed by atoms with E-state index < -0.39 is 6.04 Å². The zero-order valence-electron chi connectivity index (χ0n) is 9.80. The number of aliphatic hydroxyl groups excluding tert-OH is 2. The number of carbonyl (C=O) groups excluding carboxylic acids is 1. The third-order valence-electron chi connectivity index (χ3n) is 2.37. The Morgan fingerprint density at radius 2 is 2.24 bits per heavy atom. The van der Waals surface area contributed by atoms with E-state index in [1.54, 1.807) is 30.0 Å². The van der Waals surface area contributed by atoms with Crippen LogP contribution in [-0.4, -0.2) is 53.7 Å². The van der Waals surface area contributed by atoms with Crippen molar-refractivity contribution in [2.24, 2.45) is 0 Å². The number of hydrogen-bond donors (Lipinski definition) is 3. The summed E-state index contributed by atoms with van der Waals surface area (Å²) in [5.41, 5.74) is 0.481. The van der Waals surface area contributed by atoms with E-state index in [2.05, 4.69) is 5.32 Å². The highest BCUT2D eigenvalue weighted by Gasteiger charge is 2.14. The van der Waals surface area contributed by atoms with E-state index in [0.717, 1.165) is 0 Å². The van der Waals surface area contributed by atoms with Gasteiger partial charge >= 0.3 is 0 Å². The van der Waals surface area contributed by atoms with Crippen LogP contribution in [0.3, 0.4) is 0 Å². The van der Waals surface area contributed by atoms with Crippen molar-refractivity contribution in [2.75, 3.05) is 26.9 Å². The first kappa shape index (κ1) is 13.7. The van der Waals surface area contributed by atoms with Gasteiger partial charge in [0.2, 0.25) is 0 Å². The molecule has 6 heteroatoms. The van der Waals surface area contributed by atoms with Crippen molar-refractivity contribution in [3.63, 3.8) is 0 Å².